The number of sulfonamides is 1. The Bertz CT molecular complexity index is 894. The van der Waals surface area contributed by atoms with Crippen molar-refractivity contribution in [2.45, 2.75) is 17.7 Å². The number of para-hydroxylation sites is 1. The average molecular weight is 409 g/mol. The van der Waals surface area contributed by atoms with Crippen molar-refractivity contribution >= 4 is 27.5 Å². The molecule has 3 rings (SSSR count). The zero-order valence-corrected chi connectivity index (χ0v) is 16.3. The van der Waals surface area contributed by atoms with Gasteiger partial charge in [-0.3, -0.25) is 4.79 Å². The summed E-state index contributed by atoms with van der Waals surface area (Å²) >= 11 is 6.00. The minimum absolute atomic E-state index is 0.211. The van der Waals surface area contributed by atoms with Gasteiger partial charge in [-0.15, -0.1) is 0 Å². The van der Waals surface area contributed by atoms with Crippen LogP contribution in [0.4, 0.5) is 0 Å². The van der Waals surface area contributed by atoms with E-state index in [9.17, 15) is 13.2 Å². The average Bonchev–Trinajstić information content (AvgIpc) is 3.22. The molecule has 1 heterocycles. The van der Waals surface area contributed by atoms with Crippen LogP contribution < -0.4 is 10.1 Å². The number of nitrogens with one attached hydrogen (secondary N) is 1. The summed E-state index contributed by atoms with van der Waals surface area (Å²) in [5.41, 5.74) is 0.396. The van der Waals surface area contributed by atoms with Crippen LogP contribution in [0.15, 0.2) is 53.4 Å². The van der Waals surface area contributed by atoms with Gasteiger partial charge in [-0.05, 0) is 49.2 Å². The molecule has 0 unspecified atom stereocenters. The van der Waals surface area contributed by atoms with Gasteiger partial charge in [0, 0.05) is 18.7 Å². The lowest BCUT2D eigenvalue weighted by Gasteiger charge is -2.15. The molecule has 1 N–H and O–H groups in total. The minimum Gasteiger partial charge on any atom is -0.490 e. The molecule has 2 aromatic rings. The highest BCUT2D eigenvalue weighted by Gasteiger charge is 2.27. The largest absolute Gasteiger partial charge is 0.490 e. The zero-order valence-electron chi connectivity index (χ0n) is 14.7. The Labute approximate surface area is 164 Å². The second kappa shape index (κ2) is 8.73. The van der Waals surface area contributed by atoms with Crippen LogP contribution in [0, 0.1) is 0 Å². The van der Waals surface area contributed by atoms with Crippen molar-refractivity contribution in [3.8, 4) is 5.75 Å². The standard InChI is InChI=1S/C19H21ClN2O4S/c20-17-5-1-2-6-18(17)26-14-11-21-19(23)15-7-9-16(10-8-15)27(24,25)22-12-3-4-13-22/h1-2,5-10H,3-4,11-14H2,(H,21,23). The minimum atomic E-state index is -3.47. The first-order chi connectivity index (χ1) is 13.0. The molecule has 6 nitrogen and oxygen atoms in total. The van der Waals surface area contributed by atoms with Gasteiger partial charge in [0.05, 0.1) is 16.5 Å². The van der Waals surface area contributed by atoms with Crippen LogP contribution in [0.5, 0.6) is 5.75 Å². The van der Waals surface area contributed by atoms with Crippen LogP contribution in [-0.4, -0.2) is 44.9 Å². The summed E-state index contributed by atoms with van der Waals surface area (Å²) in [6.45, 7) is 1.68. The molecule has 2 aromatic carbocycles. The molecule has 144 valence electrons. The predicted octanol–water partition coefficient (Wildman–Crippen LogP) is 2.93. The maximum Gasteiger partial charge on any atom is 0.251 e. The summed E-state index contributed by atoms with van der Waals surface area (Å²) in [6.07, 6.45) is 1.77. The highest BCUT2D eigenvalue weighted by Crippen LogP contribution is 2.23. The van der Waals surface area contributed by atoms with E-state index in [1.807, 2.05) is 12.1 Å². The molecule has 1 saturated heterocycles. The van der Waals surface area contributed by atoms with E-state index in [2.05, 4.69) is 5.32 Å². The molecule has 1 aliphatic heterocycles. The number of benzene rings is 2. The fourth-order valence-electron chi connectivity index (χ4n) is 2.85. The first-order valence-corrected chi connectivity index (χ1v) is 10.6. The van der Waals surface area contributed by atoms with Gasteiger partial charge in [-0.2, -0.15) is 4.31 Å². The van der Waals surface area contributed by atoms with E-state index in [4.69, 9.17) is 16.3 Å². The van der Waals surface area contributed by atoms with Gasteiger partial charge >= 0.3 is 0 Å². The summed E-state index contributed by atoms with van der Waals surface area (Å²) in [5.74, 6) is 0.271. The van der Waals surface area contributed by atoms with E-state index in [0.717, 1.165) is 12.8 Å². The summed E-state index contributed by atoms with van der Waals surface area (Å²) < 4.78 is 32.0. The highest BCUT2D eigenvalue weighted by molar-refractivity contribution is 7.89. The fourth-order valence-corrected chi connectivity index (χ4v) is 4.55. The molecule has 0 radical (unpaired) electrons. The molecule has 0 spiro atoms. The Morgan fingerprint density at radius 1 is 1.07 bits per heavy atom. The Morgan fingerprint density at radius 2 is 1.74 bits per heavy atom. The van der Waals surface area contributed by atoms with E-state index in [0.29, 0.717) is 36.0 Å². The van der Waals surface area contributed by atoms with E-state index in [1.54, 1.807) is 12.1 Å². The number of ether oxygens (including phenoxy) is 1. The number of rotatable bonds is 7. The number of carbonyl (C=O) groups excluding carboxylic acids is 1. The molecule has 0 atom stereocenters. The monoisotopic (exact) mass is 408 g/mol. The summed E-state index contributed by atoms with van der Waals surface area (Å²) in [4.78, 5) is 12.4. The highest BCUT2D eigenvalue weighted by atomic mass is 35.5. The van der Waals surface area contributed by atoms with Crippen molar-refractivity contribution in [2.75, 3.05) is 26.2 Å². The Balaban J connectivity index is 1.52. The Kier molecular flexibility index (Phi) is 6.36. The maximum atomic E-state index is 12.5. The SMILES string of the molecule is O=C(NCCOc1ccccc1Cl)c1ccc(S(=O)(=O)N2CCCC2)cc1. The van der Waals surface area contributed by atoms with Gasteiger partial charge in [0.25, 0.3) is 5.91 Å². The van der Waals surface area contributed by atoms with Gasteiger partial charge in [0.1, 0.15) is 12.4 Å². The van der Waals surface area contributed by atoms with Crippen molar-refractivity contribution in [3.05, 3.63) is 59.1 Å². The molecule has 0 aliphatic carbocycles. The molecule has 1 amide bonds. The van der Waals surface area contributed by atoms with E-state index < -0.39 is 10.0 Å². The van der Waals surface area contributed by atoms with E-state index in [1.165, 1.54) is 28.6 Å². The van der Waals surface area contributed by atoms with Crippen molar-refractivity contribution in [1.82, 2.24) is 9.62 Å². The lowest BCUT2D eigenvalue weighted by atomic mass is 10.2. The van der Waals surface area contributed by atoms with Crippen molar-refractivity contribution in [2.24, 2.45) is 0 Å². The molecule has 8 heteroatoms. The molecular formula is C19H21ClN2O4S. The molecule has 1 fully saturated rings. The molecule has 0 bridgehead atoms. The second-order valence-corrected chi connectivity index (χ2v) is 8.52. The van der Waals surface area contributed by atoms with Crippen LogP contribution in [-0.2, 0) is 10.0 Å². The van der Waals surface area contributed by atoms with E-state index in [-0.39, 0.29) is 17.4 Å². The number of carbonyl (C=O) groups is 1. The van der Waals surface area contributed by atoms with Gasteiger partial charge in [-0.25, -0.2) is 8.42 Å². The second-order valence-electron chi connectivity index (χ2n) is 6.17. The normalized spacial score (nSPS) is 14.9. The quantitative estimate of drug-likeness (QED) is 0.714. The van der Waals surface area contributed by atoms with Crippen LogP contribution in [0.3, 0.4) is 0 Å². The Hall–Kier alpha value is -2.09. The lowest BCUT2D eigenvalue weighted by molar-refractivity contribution is 0.0947. The zero-order chi connectivity index (χ0) is 19.3. The number of hydrogen-bond donors (Lipinski definition) is 1. The summed E-state index contributed by atoms with van der Waals surface area (Å²) in [6, 6.07) is 13.1. The van der Waals surface area contributed by atoms with Crippen LogP contribution in [0.1, 0.15) is 23.2 Å². The maximum absolute atomic E-state index is 12.5. The summed E-state index contributed by atoms with van der Waals surface area (Å²) in [7, 11) is -3.47. The molecule has 27 heavy (non-hydrogen) atoms. The Morgan fingerprint density at radius 3 is 2.41 bits per heavy atom. The van der Waals surface area contributed by atoms with Gasteiger partial charge in [0.2, 0.25) is 10.0 Å². The number of nitrogens with zero attached hydrogens (tertiary/aromatic N) is 1. The molecule has 1 aliphatic rings. The number of hydrogen-bond acceptors (Lipinski definition) is 4. The van der Waals surface area contributed by atoms with Gasteiger partial charge in [0.15, 0.2) is 0 Å². The first-order valence-electron chi connectivity index (χ1n) is 8.74. The molecular weight excluding hydrogens is 388 g/mol. The van der Waals surface area contributed by atoms with Crippen LogP contribution >= 0.6 is 11.6 Å². The lowest BCUT2D eigenvalue weighted by Crippen LogP contribution is -2.29. The van der Waals surface area contributed by atoms with Crippen LogP contribution in [0.25, 0.3) is 0 Å². The molecule has 0 aromatic heterocycles. The summed E-state index contributed by atoms with van der Waals surface area (Å²) in [5, 5.41) is 3.25. The predicted molar refractivity (Wildman–Crippen MR) is 104 cm³/mol. The van der Waals surface area contributed by atoms with Crippen molar-refractivity contribution in [1.29, 1.82) is 0 Å². The van der Waals surface area contributed by atoms with Crippen LogP contribution in [0.2, 0.25) is 5.02 Å². The first kappa shape index (κ1) is 19.7. The topological polar surface area (TPSA) is 75.7 Å². The van der Waals surface area contributed by atoms with Crippen molar-refractivity contribution in [3.63, 3.8) is 0 Å². The van der Waals surface area contributed by atoms with Gasteiger partial charge in [-0.1, -0.05) is 23.7 Å². The third kappa shape index (κ3) is 4.80. The number of halogens is 1. The van der Waals surface area contributed by atoms with E-state index >= 15 is 0 Å². The fraction of sp³-hybridized carbons (Fsp3) is 0.316. The third-order valence-corrected chi connectivity index (χ3v) is 6.53. The smallest absolute Gasteiger partial charge is 0.251 e. The third-order valence-electron chi connectivity index (χ3n) is 4.30. The van der Waals surface area contributed by atoms with Gasteiger partial charge < -0.3 is 10.1 Å². The number of amides is 1. The van der Waals surface area contributed by atoms with Crippen molar-refractivity contribution < 1.29 is 17.9 Å². The molecule has 0 saturated carbocycles.